The number of amides is 1. The molecule has 106 valence electrons. The molecule has 0 aromatic carbocycles. The van der Waals surface area contributed by atoms with Crippen molar-refractivity contribution in [3.63, 3.8) is 0 Å². The number of rotatable bonds is 2. The van der Waals surface area contributed by atoms with Gasteiger partial charge in [-0.1, -0.05) is 0 Å². The summed E-state index contributed by atoms with van der Waals surface area (Å²) in [7, 11) is 0. The van der Waals surface area contributed by atoms with Gasteiger partial charge in [-0.25, -0.2) is 9.78 Å². The first-order valence-electron chi connectivity index (χ1n) is 6.42. The number of nitrogens with zero attached hydrogens (tertiary/aromatic N) is 2. The Kier molecular flexibility index (Phi) is 4.10. The molecule has 19 heavy (non-hydrogen) atoms. The predicted octanol–water partition coefficient (Wildman–Crippen LogP) is 2.43. The van der Waals surface area contributed by atoms with Gasteiger partial charge >= 0.3 is 6.09 Å². The summed E-state index contributed by atoms with van der Waals surface area (Å²) >= 11 is 1.44. The number of carbonyl (C=O) groups is 1. The summed E-state index contributed by atoms with van der Waals surface area (Å²) in [6.07, 6.45) is 1.57. The van der Waals surface area contributed by atoms with Gasteiger partial charge in [-0.2, -0.15) is 0 Å². The van der Waals surface area contributed by atoms with Crippen LogP contribution in [0.3, 0.4) is 0 Å². The van der Waals surface area contributed by atoms with E-state index in [0.29, 0.717) is 13.1 Å². The van der Waals surface area contributed by atoms with Crippen molar-refractivity contribution in [3.05, 3.63) is 16.6 Å². The van der Waals surface area contributed by atoms with Crippen LogP contribution in [0.5, 0.6) is 0 Å². The van der Waals surface area contributed by atoms with E-state index in [4.69, 9.17) is 4.74 Å². The van der Waals surface area contributed by atoms with Crippen LogP contribution in [0, 0.1) is 5.92 Å². The van der Waals surface area contributed by atoms with Gasteiger partial charge in [0, 0.05) is 30.6 Å². The second-order valence-electron chi connectivity index (χ2n) is 5.79. The SMILES string of the molecule is CC(C)(C)OC(=O)N1CCC([C@@H](O)c2nccs2)C1. The van der Waals surface area contributed by atoms with Crippen LogP contribution in [0.4, 0.5) is 4.79 Å². The maximum Gasteiger partial charge on any atom is 0.410 e. The smallest absolute Gasteiger partial charge is 0.410 e. The fourth-order valence-corrected chi connectivity index (χ4v) is 2.83. The molecule has 1 N–H and O–H groups in total. The highest BCUT2D eigenvalue weighted by atomic mass is 32.1. The summed E-state index contributed by atoms with van der Waals surface area (Å²) in [5.41, 5.74) is -0.483. The van der Waals surface area contributed by atoms with Crippen molar-refractivity contribution in [2.45, 2.75) is 38.9 Å². The first kappa shape index (κ1) is 14.3. The van der Waals surface area contributed by atoms with Gasteiger partial charge in [-0.15, -0.1) is 11.3 Å². The third-order valence-corrected chi connectivity index (χ3v) is 3.87. The minimum atomic E-state index is -0.590. The average Bonchev–Trinajstić information content (AvgIpc) is 2.98. The lowest BCUT2D eigenvalue weighted by Gasteiger charge is -2.24. The number of aliphatic hydroxyl groups excluding tert-OH is 1. The van der Waals surface area contributed by atoms with Gasteiger partial charge in [0.1, 0.15) is 16.7 Å². The van der Waals surface area contributed by atoms with Gasteiger partial charge in [0.25, 0.3) is 0 Å². The van der Waals surface area contributed by atoms with Crippen molar-refractivity contribution in [1.29, 1.82) is 0 Å². The van der Waals surface area contributed by atoms with Crippen molar-refractivity contribution in [1.82, 2.24) is 9.88 Å². The van der Waals surface area contributed by atoms with Gasteiger partial charge in [0.05, 0.1) is 0 Å². The predicted molar refractivity (Wildman–Crippen MR) is 73.0 cm³/mol. The summed E-state index contributed by atoms with van der Waals surface area (Å²) in [5.74, 6) is 0.0404. The maximum atomic E-state index is 11.9. The molecule has 0 bridgehead atoms. The quantitative estimate of drug-likeness (QED) is 0.906. The number of aliphatic hydroxyl groups is 1. The van der Waals surface area contributed by atoms with Gasteiger partial charge in [-0.3, -0.25) is 0 Å². The number of carbonyl (C=O) groups excluding carboxylic acids is 1. The van der Waals surface area contributed by atoms with E-state index >= 15 is 0 Å². The average molecular weight is 284 g/mol. The van der Waals surface area contributed by atoms with Crippen LogP contribution in [0.2, 0.25) is 0 Å². The topological polar surface area (TPSA) is 62.7 Å². The van der Waals surface area contributed by atoms with E-state index in [1.165, 1.54) is 11.3 Å². The Hall–Kier alpha value is -1.14. The summed E-state index contributed by atoms with van der Waals surface area (Å²) < 4.78 is 5.33. The fraction of sp³-hybridized carbons (Fsp3) is 0.692. The van der Waals surface area contributed by atoms with Gasteiger partial charge < -0.3 is 14.7 Å². The molecule has 2 heterocycles. The lowest BCUT2D eigenvalue weighted by atomic mass is 10.0. The molecule has 1 saturated heterocycles. The van der Waals surface area contributed by atoms with Crippen molar-refractivity contribution in [2.75, 3.05) is 13.1 Å². The second-order valence-corrected chi connectivity index (χ2v) is 6.72. The lowest BCUT2D eigenvalue weighted by molar-refractivity contribution is 0.0268. The summed E-state index contributed by atoms with van der Waals surface area (Å²) in [6, 6.07) is 0. The molecule has 1 aromatic heterocycles. The zero-order valence-electron chi connectivity index (χ0n) is 11.5. The van der Waals surface area contributed by atoms with E-state index in [1.54, 1.807) is 11.1 Å². The Morgan fingerprint density at radius 3 is 2.95 bits per heavy atom. The van der Waals surface area contributed by atoms with Gasteiger partial charge in [0.15, 0.2) is 0 Å². The van der Waals surface area contributed by atoms with Crippen LogP contribution >= 0.6 is 11.3 Å². The molecule has 1 aliphatic rings. The van der Waals surface area contributed by atoms with Crippen molar-refractivity contribution >= 4 is 17.4 Å². The van der Waals surface area contributed by atoms with Crippen molar-refractivity contribution in [3.8, 4) is 0 Å². The first-order chi connectivity index (χ1) is 8.87. The molecule has 5 nitrogen and oxygen atoms in total. The fourth-order valence-electron chi connectivity index (χ4n) is 2.12. The highest BCUT2D eigenvalue weighted by Crippen LogP contribution is 2.31. The first-order valence-corrected chi connectivity index (χ1v) is 7.30. The number of hydrogen-bond donors (Lipinski definition) is 1. The zero-order valence-corrected chi connectivity index (χ0v) is 12.3. The summed E-state index contributed by atoms with van der Waals surface area (Å²) in [4.78, 5) is 17.7. The molecule has 1 aromatic rings. The van der Waals surface area contributed by atoms with Crippen LogP contribution in [0.1, 0.15) is 38.3 Å². The number of ether oxygens (including phenoxy) is 1. The van der Waals surface area contributed by atoms with Gasteiger partial charge in [0.2, 0.25) is 0 Å². The highest BCUT2D eigenvalue weighted by molar-refractivity contribution is 7.09. The normalized spacial score (nSPS) is 21.5. The van der Waals surface area contributed by atoms with E-state index in [9.17, 15) is 9.90 Å². The van der Waals surface area contributed by atoms with Crippen LogP contribution in [0.25, 0.3) is 0 Å². The molecule has 6 heteroatoms. The Morgan fingerprint density at radius 1 is 1.63 bits per heavy atom. The molecule has 0 aliphatic carbocycles. The van der Waals surface area contributed by atoms with Crippen LogP contribution < -0.4 is 0 Å². The molecule has 0 saturated carbocycles. The third-order valence-electron chi connectivity index (χ3n) is 3.03. The molecule has 1 aliphatic heterocycles. The standard InChI is InChI=1S/C13H20N2O3S/c1-13(2,3)18-12(17)15-6-4-9(8-15)10(16)11-14-5-7-19-11/h5,7,9-10,16H,4,6,8H2,1-3H3/t9?,10-/m1/s1. The van der Waals surface area contributed by atoms with Crippen molar-refractivity contribution in [2.24, 2.45) is 5.92 Å². The molecular formula is C13H20N2O3S. The Bertz CT molecular complexity index is 428. The molecule has 2 rings (SSSR count). The number of likely N-dealkylation sites (tertiary alicyclic amines) is 1. The molecule has 2 atom stereocenters. The summed E-state index contributed by atoms with van der Waals surface area (Å²) in [5, 5.41) is 12.8. The minimum absolute atomic E-state index is 0.0404. The van der Waals surface area contributed by atoms with E-state index < -0.39 is 11.7 Å². The molecule has 1 unspecified atom stereocenters. The second kappa shape index (κ2) is 5.46. The Morgan fingerprint density at radius 2 is 2.37 bits per heavy atom. The minimum Gasteiger partial charge on any atom is -0.444 e. The lowest BCUT2D eigenvalue weighted by Crippen LogP contribution is -2.35. The van der Waals surface area contributed by atoms with E-state index in [2.05, 4.69) is 4.98 Å². The monoisotopic (exact) mass is 284 g/mol. The van der Waals surface area contributed by atoms with Gasteiger partial charge in [-0.05, 0) is 27.2 Å². The molecule has 1 amide bonds. The number of thiazole rings is 1. The van der Waals surface area contributed by atoms with E-state index in [1.807, 2.05) is 26.2 Å². The van der Waals surface area contributed by atoms with E-state index in [0.717, 1.165) is 11.4 Å². The maximum absolute atomic E-state index is 11.9. The zero-order chi connectivity index (χ0) is 14.0. The molecule has 1 fully saturated rings. The molecular weight excluding hydrogens is 264 g/mol. The largest absolute Gasteiger partial charge is 0.444 e. The molecule has 0 radical (unpaired) electrons. The van der Waals surface area contributed by atoms with Crippen LogP contribution in [-0.2, 0) is 4.74 Å². The van der Waals surface area contributed by atoms with Crippen LogP contribution in [0.15, 0.2) is 11.6 Å². The van der Waals surface area contributed by atoms with Crippen LogP contribution in [-0.4, -0.2) is 39.8 Å². The highest BCUT2D eigenvalue weighted by Gasteiger charge is 2.34. The third kappa shape index (κ3) is 3.67. The Balaban J connectivity index is 1.91. The Labute approximate surface area is 117 Å². The van der Waals surface area contributed by atoms with Crippen molar-refractivity contribution < 1.29 is 14.6 Å². The summed E-state index contributed by atoms with van der Waals surface area (Å²) in [6.45, 7) is 6.70. The van der Waals surface area contributed by atoms with E-state index in [-0.39, 0.29) is 12.0 Å². The molecule has 0 spiro atoms. The number of aromatic nitrogens is 1. The number of hydrogen-bond acceptors (Lipinski definition) is 5.